The average molecular weight is 390 g/mol. The number of amides is 2. The Morgan fingerprint density at radius 1 is 0.966 bits per heavy atom. The van der Waals surface area contributed by atoms with Gasteiger partial charge in [0.05, 0.1) is 7.11 Å². The van der Waals surface area contributed by atoms with Crippen LogP contribution in [0.2, 0.25) is 0 Å². The van der Waals surface area contributed by atoms with Crippen molar-refractivity contribution in [3.05, 3.63) is 89.5 Å². The second-order valence-electron chi connectivity index (χ2n) is 6.43. The molecular formula is C23H22N2O4. The van der Waals surface area contributed by atoms with Gasteiger partial charge in [-0.05, 0) is 42.0 Å². The molecule has 6 nitrogen and oxygen atoms in total. The maximum absolute atomic E-state index is 12.6. The fourth-order valence-electron chi connectivity index (χ4n) is 2.90. The molecule has 148 valence electrons. The van der Waals surface area contributed by atoms with Crippen molar-refractivity contribution >= 4 is 17.5 Å². The molecule has 0 spiro atoms. The van der Waals surface area contributed by atoms with Gasteiger partial charge in [-0.1, -0.05) is 36.4 Å². The molecule has 0 saturated carbocycles. The number of hydrogen-bond donors (Lipinski definition) is 2. The van der Waals surface area contributed by atoms with Crippen molar-refractivity contribution in [3.63, 3.8) is 0 Å². The predicted molar refractivity (Wildman–Crippen MR) is 111 cm³/mol. The molecule has 0 aromatic heterocycles. The fourth-order valence-corrected chi connectivity index (χ4v) is 2.90. The number of nitrogens with one attached hydrogen (secondary N) is 1. The lowest BCUT2D eigenvalue weighted by Gasteiger charge is -2.12. The first-order chi connectivity index (χ1) is 14.0. The third-order valence-corrected chi connectivity index (χ3v) is 4.25. The van der Waals surface area contributed by atoms with Crippen LogP contribution in [0.25, 0.3) is 0 Å². The van der Waals surface area contributed by atoms with Crippen molar-refractivity contribution in [1.82, 2.24) is 0 Å². The van der Waals surface area contributed by atoms with Crippen LogP contribution in [0, 0.1) is 0 Å². The molecule has 29 heavy (non-hydrogen) atoms. The van der Waals surface area contributed by atoms with Crippen LogP contribution in [0.3, 0.4) is 0 Å². The van der Waals surface area contributed by atoms with Gasteiger partial charge in [-0.25, -0.2) is 0 Å². The number of carbonyl (C=O) groups excluding carboxylic acids is 2. The van der Waals surface area contributed by atoms with Crippen LogP contribution in [0.15, 0.2) is 72.8 Å². The van der Waals surface area contributed by atoms with E-state index < -0.39 is 5.91 Å². The first-order valence-corrected chi connectivity index (χ1v) is 9.08. The molecular weight excluding hydrogens is 368 g/mol. The van der Waals surface area contributed by atoms with Gasteiger partial charge in [0.25, 0.3) is 11.8 Å². The zero-order chi connectivity index (χ0) is 20.6. The molecule has 3 rings (SSSR count). The third-order valence-electron chi connectivity index (χ3n) is 4.25. The Morgan fingerprint density at radius 3 is 2.48 bits per heavy atom. The normalized spacial score (nSPS) is 10.2. The molecule has 0 atom stereocenters. The summed E-state index contributed by atoms with van der Waals surface area (Å²) in [6.45, 7) is -0.244. The Labute approximate surface area is 169 Å². The first-order valence-electron chi connectivity index (χ1n) is 9.08. The predicted octanol–water partition coefficient (Wildman–Crippen LogP) is 3.40. The number of methoxy groups -OCH3 is 1. The Bertz CT molecular complexity index is 1000. The molecule has 0 heterocycles. The molecule has 0 unspecified atom stereocenters. The molecule has 3 N–H and O–H groups in total. The van der Waals surface area contributed by atoms with Gasteiger partial charge in [0, 0.05) is 23.2 Å². The van der Waals surface area contributed by atoms with Gasteiger partial charge in [-0.2, -0.15) is 0 Å². The van der Waals surface area contributed by atoms with Crippen molar-refractivity contribution < 1.29 is 19.1 Å². The van der Waals surface area contributed by atoms with Crippen molar-refractivity contribution in [1.29, 1.82) is 0 Å². The molecule has 6 heteroatoms. The van der Waals surface area contributed by atoms with Crippen molar-refractivity contribution in [2.75, 3.05) is 19.0 Å². The highest BCUT2D eigenvalue weighted by atomic mass is 16.5. The number of rotatable bonds is 8. The maximum Gasteiger partial charge on any atom is 0.255 e. The van der Waals surface area contributed by atoms with Crippen LogP contribution in [0.1, 0.15) is 21.5 Å². The molecule has 0 aliphatic carbocycles. The van der Waals surface area contributed by atoms with Gasteiger partial charge in [0.15, 0.2) is 6.61 Å². The molecule has 3 aromatic rings. The van der Waals surface area contributed by atoms with E-state index in [-0.39, 0.29) is 12.5 Å². The second-order valence-corrected chi connectivity index (χ2v) is 6.43. The zero-order valence-electron chi connectivity index (χ0n) is 16.1. The minimum absolute atomic E-state index is 0.244. The van der Waals surface area contributed by atoms with E-state index in [4.69, 9.17) is 15.2 Å². The topological polar surface area (TPSA) is 90.7 Å². The molecule has 0 fully saturated rings. The SMILES string of the molecule is COc1ccc(NC(=O)c2cccc(OCC(N)=O)c2)cc1Cc1ccccc1. The molecule has 0 bridgehead atoms. The Hall–Kier alpha value is -3.80. The summed E-state index contributed by atoms with van der Waals surface area (Å²) in [4.78, 5) is 23.5. The summed E-state index contributed by atoms with van der Waals surface area (Å²) in [5, 5.41) is 2.89. The quantitative estimate of drug-likeness (QED) is 0.617. The fraction of sp³-hybridized carbons (Fsp3) is 0.130. The van der Waals surface area contributed by atoms with E-state index in [9.17, 15) is 9.59 Å². The van der Waals surface area contributed by atoms with E-state index in [1.165, 1.54) is 0 Å². The van der Waals surface area contributed by atoms with Crippen LogP contribution in [0.5, 0.6) is 11.5 Å². The summed E-state index contributed by atoms with van der Waals surface area (Å²) in [6.07, 6.45) is 0.685. The average Bonchev–Trinajstić information content (AvgIpc) is 2.73. The van der Waals surface area contributed by atoms with Crippen LogP contribution in [-0.4, -0.2) is 25.5 Å². The van der Waals surface area contributed by atoms with Gasteiger partial charge < -0.3 is 20.5 Å². The van der Waals surface area contributed by atoms with Gasteiger partial charge in [0.1, 0.15) is 11.5 Å². The van der Waals surface area contributed by atoms with Gasteiger partial charge >= 0.3 is 0 Å². The van der Waals surface area contributed by atoms with Crippen molar-refractivity contribution in [2.45, 2.75) is 6.42 Å². The molecule has 0 aliphatic heterocycles. The monoisotopic (exact) mass is 390 g/mol. The van der Waals surface area contributed by atoms with Crippen LogP contribution < -0.4 is 20.5 Å². The summed E-state index contributed by atoms with van der Waals surface area (Å²) in [6, 6.07) is 22.1. The standard InChI is InChI=1S/C23H22N2O4/c1-28-21-11-10-19(13-18(21)12-16-6-3-2-4-7-16)25-23(27)17-8-5-9-20(14-17)29-15-22(24)26/h2-11,13-14H,12,15H2,1H3,(H2,24,26)(H,25,27). The number of carbonyl (C=O) groups is 2. The van der Waals surface area contributed by atoms with E-state index >= 15 is 0 Å². The van der Waals surface area contributed by atoms with E-state index in [2.05, 4.69) is 5.32 Å². The minimum atomic E-state index is -0.580. The third kappa shape index (κ3) is 5.59. The molecule has 2 amide bonds. The summed E-state index contributed by atoms with van der Waals surface area (Å²) in [5.74, 6) is 0.291. The Balaban J connectivity index is 1.76. The molecule has 0 saturated heterocycles. The lowest BCUT2D eigenvalue weighted by Crippen LogP contribution is -2.20. The highest BCUT2D eigenvalue weighted by Crippen LogP contribution is 2.26. The van der Waals surface area contributed by atoms with Gasteiger partial charge in [-0.3, -0.25) is 9.59 Å². The Kier molecular flexibility index (Phi) is 6.47. The molecule has 3 aromatic carbocycles. The molecule has 0 aliphatic rings. The summed E-state index contributed by atoms with van der Waals surface area (Å²) < 4.78 is 10.7. The lowest BCUT2D eigenvalue weighted by molar-refractivity contribution is -0.119. The smallest absolute Gasteiger partial charge is 0.255 e. The summed E-state index contributed by atoms with van der Waals surface area (Å²) in [7, 11) is 1.62. The number of primary amides is 1. The number of benzene rings is 3. The highest BCUT2D eigenvalue weighted by molar-refractivity contribution is 6.04. The lowest BCUT2D eigenvalue weighted by atomic mass is 10.0. The Morgan fingerprint density at radius 2 is 1.76 bits per heavy atom. The highest BCUT2D eigenvalue weighted by Gasteiger charge is 2.11. The summed E-state index contributed by atoms with van der Waals surface area (Å²) >= 11 is 0. The van der Waals surface area contributed by atoms with E-state index in [1.54, 1.807) is 37.4 Å². The number of ether oxygens (including phenoxy) is 2. The molecule has 0 radical (unpaired) electrons. The van der Waals surface area contributed by atoms with Crippen molar-refractivity contribution in [3.8, 4) is 11.5 Å². The minimum Gasteiger partial charge on any atom is -0.496 e. The van der Waals surface area contributed by atoms with E-state index in [1.807, 2.05) is 42.5 Å². The first kappa shape index (κ1) is 19.9. The van der Waals surface area contributed by atoms with E-state index in [0.717, 1.165) is 16.9 Å². The number of nitrogens with two attached hydrogens (primary N) is 1. The largest absolute Gasteiger partial charge is 0.496 e. The van der Waals surface area contributed by atoms with Gasteiger partial charge in [-0.15, -0.1) is 0 Å². The van der Waals surface area contributed by atoms with Crippen LogP contribution in [-0.2, 0) is 11.2 Å². The second kappa shape index (κ2) is 9.41. The zero-order valence-corrected chi connectivity index (χ0v) is 16.1. The van der Waals surface area contributed by atoms with Crippen LogP contribution in [0.4, 0.5) is 5.69 Å². The van der Waals surface area contributed by atoms with Crippen molar-refractivity contribution in [2.24, 2.45) is 5.73 Å². The van der Waals surface area contributed by atoms with Crippen LogP contribution >= 0.6 is 0 Å². The number of anilines is 1. The maximum atomic E-state index is 12.6. The summed E-state index contributed by atoms with van der Waals surface area (Å²) in [5.41, 5.74) is 8.26. The number of hydrogen-bond acceptors (Lipinski definition) is 4. The van der Waals surface area contributed by atoms with Gasteiger partial charge in [0.2, 0.25) is 0 Å². The van der Waals surface area contributed by atoms with E-state index in [0.29, 0.717) is 23.4 Å².